The SMILES string of the molecule is CC(Sc1nnnn1C(C)(C)C)C(=O)/C=C1/N(C)c2ccccc2C1(C)C. The van der Waals surface area contributed by atoms with Crippen molar-refractivity contribution < 1.29 is 4.79 Å². The fourth-order valence-electron chi connectivity index (χ4n) is 3.40. The van der Waals surface area contributed by atoms with E-state index in [1.807, 2.05) is 46.9 Å². The van der Waals surface area contributed by atoms with Gasteiger partial charge in [0.25, 0.3) is 0 Å². The first kappa shape index (κ1) is 19.6. The number of nitrogens with zero attached hydrogens (tertiary/aromatic N) is 5. The maximum Gasteiger partial charge on any atom is 0.210 e. The Hall–Kier alpha value is -2.15. The number of aromatic nitrogens is 4. The minimum Gasteiger partial charge on any atom is -0.347 e. The number of fused-ring (bicyclic) bond motifs is 1. The summed E-state index contributed by atoms with van der Waals surface area (Å²) in [5.74, 6) is 0.0613. The third kappa shape index (κ3) is 3.52. The normalized spacial score (nSPS) is 18.6. The number of ketones is 1. The lowest BCUT2D eigenvalue weighted by Crippen LogP contribution is -2.26. The van der Waals surface area contributed by atoms with E-state index in [1.165, 1.54) is 17.3 Å². The first-order valence-electron chi connectivity index (χ1n) is 9.08. The van der Waals surface area contributed by atoms with Gasteiger partial charge in [-0.3, -0.25) is 4.79 Å². The Morgan fingerprint density at radius 3 is 2.56 bits per heavy atom. The molecule has 0 aliphatic carbocycles. The van der Waals surface area contributed by atoms with Gasteiger partial charge in [-0.2, -0.15) is 0 Å². The van der Waals surface area contributed by atoms with Crippen LogP contribution in [0.5, 0.6) is 0 Å². The van der Waals surface area contributed by atoms with Crippen LogP contribution in [0.3, 0.4) is 0 Å². The predicted octanol–water partition coefficient (Wildman–Crippen LogP) is 3.79. The monoisotopic (exact) mass is 385 g/mol. The molecule has 0 fully saturated rings. The summed E-state index contributed by atoms with van der Waals surface area (Å²) in [5.41, 5.74) is 2.96. The van der Waals surface area contributed by atoms with Crippen LogP contribution >= 0.6 is 11.8 Å². The van der Waals surface area contributed by atoms with E-state index >= 15 is 0 Å². The summed E-state index contributed by atoms with van der Waals surface area (Å²) in [5, 5.41) is 12.3. The van der Waals surface area contributed by atoms with Gasteiger partial charge >= 0.3 is 0 Å². The molecule has 0 radical (unpaired) electrons. The van der Waals surface area contributed by atoms with E-state index in [4.69, 9.17) is 0 Å². The van der Waals surface area contributed by atoms with Crippen molar-refractivity contribution in [1.29, 1.82) is 0 Å². The first-order valence-corrected chi connectivity index (χ1v) is 9.96. The zero-order valence-electron chi connectivity index (χ0n) is 17.0. The molecule has 0 amide bonds. The van der Waals surface area contributed by atoms with Gasteiger partial charge in [0.2, 0.25) is 5.16 Å². The number of anilines is 1. The Bertz CT molecular complexity index is 894. The summed E-state index contributed by atoms with van der Waals surface area (Å²) < 4.78 is 1.76. The van der Waals surface area contributed by atoms with Gasteiger partial charge in [0.05, 0.1) is 10.8 Å². The molecule has 1 unspecified atom stereocenters. The minimum atomic E-state index is -0.280. The van der Waals surface area contributed by atoms with E-state index in [9.17, 15) is 4.79 Å². The van der Waals surface area contributed by atoms with Crippen LogP contribution in [0.15, 0.2) is 41.2 Å². The number of hydrogen-bond donors (Lipinski definition) is 0. The van der Waals surface area contributed by atoms with Crippen LogP contribution < -0.4 is 4.90 Å². The zero-order valence-corrected chi connectivity index (χ0v) is 17.8. The highest BCUT2D eigenvalue weighted by atomic mass is 32.2. The molecule has 1 aromatic carbocycles. The third-order valence-electron chi connectivity index (χ3n) is 4.98. The van der Waals surface area contributed by atoms with Crippen LogP contribution in [0.2, 0.25) is 0 Å². The second-order valence-electron chi connectivity index (χ2n) is 8.44. The standard InChI is InChI=1S/C20H27N5OS/c1-13(27-18-21-22-23-25(18)19(2,3)4)16(26)12-17-20(5,6)14-10-8-9-11-15(14)24(17)7/h8-13H,1-7H3/b17-12+. The summed E-state index contributed by atoms with van der Waals surface area (Å²) >= 11 is 1.39. The van der Waals surface area contributed by atoms with Crippen molar-refractivity contribution in [2.45, 2.75) is 62.9 Å². The Morgan fingerprint density at radius 1 is 1.26 bits per heavy atom. The number of likely N-dealkylation sites (N-methyl/N-ethyl adjacent to an activating group) is 1. The molecule has 0 bridgehead atoms. The summed E-state index contributed by atoms with van der Waals surface area (Å²) in [7, 11) is 2.02. The number of benzene rings is 1. The molecule has 2 aromatic rings. The number of tetrazole rings is 1. The topological polar surface area (TPSA) is 63.9 Å². The Labute approximate surface area is 165 Å². The molecular weight excluding hydrogens is 358 g/mol. The van der Waals surface area contributed by atoms with Gasteiger partial charge in [0, 0.05) is 29.9 Å². The number of thioether (sulfide) groups is 1. The van der Waals surface area contributed by atoms with Crippen molar-refractivity contribution in [2.75, 3.05) is 11.9 Å². The second-order valence-corrected chi connectivity index (χ2v) is 9.75. The molecule has 1 aliphatic rings. The number of rotatable bonds is 4. The average molecular weight is 386 g/mol. The van der Waals surface area contributed by atoms with Gasteiger partial charge in [-0.05, 0) is 49.8 Å². The molecule has 7 heteroatoms. The van der Waals surface area contributed by atoms with Crippen LogP contribution in [0, 0.1) is 0 Å². The van der Waals surface area contributed by atoms with E-state index in [2.05, 4.69) is 46.4 Å². The molecule has 1 aliphatic heterocycles. The van der Waals surface area contributed by atoms with E-state index in [1.54, 1.807) is 10.8 Å². The molecule has 3 rings (SSSR count). The lowest BCUT2D eigenvalue weighted by molar-refractivity contribution is -0.114. The fourth-order valence-corrected chi connectivity index (χ4v) is 4.39. The lowest BCUT2D eigenvalue weighted by atomic mass is 9.83. The van der Waals surface area contributed by atoms with Crippen molar-refractivity contribution in [1.82, 2.24) is 20.2 Å². The Morgan fingerprint density at radius 2 is 1.93 bits per heavy atom. The molecule has 27 heavy (non-hydrogen) atoms. The number of para-hydroxylation sites is 1. The Balaban J connectivity index is 1.84. The lowest BCUT2D eigenvalue weighted by Gasteiger charge is -2.24. The van der Waals surface area contributed by atoms with Crippen molar-refractivity contribution in [3.05, 3.63) is 41.6 Å². The summed E-state index contributed by atoms with van der Waals surface area (Å²) in [6, 6.07) is 8.30. The zero-order chi connectivity index (χ0) is 20.0. The summed E-state index contributed by atoms with van der Waals surface area (Å²) in [6.45, 7) is 12.3. The molecular formula is C20H27N5OS. The Kier molecular flexibility index (Phi) is 4.93. The van der Waals surface area contributed by atoms with Crippen LogP contribution in [0.4, 0.5) is 5.69 Å². The maximum atomic E-state index is 13.0. The average Bonchev–Trinajstić information content (AvgIpc) is 3.13. The van der Waals surface area contributed by atoms with Crippen molar-refractivity contribution in [3.8, 4) is 0 Å². The van der Waals surface area contributed by atoms with Gasteiger partial charge in [-0.1, -0.05) is 43.8 Å². The summed E-state index contributed by atoms with van der Waals surface area (Å²) in [4.78, 5) is 15.1. The quantitative estimate of drug-likeness (QED) is 0.589. The molecule has 1 aromatic heterocycles. The number of carbonyl (C=O) groups excluding carboxylic acids is 1. The van der Waals surface area contributed by atoms with Gasteiger partial charge in [-0.15, -0.1) is 5.10 Å². The number of allylic oxidation sites excluding steroid dienone is 2. The molecule has 0 saturated heterocycles. The van der Waals surface area contributed by atoms with E-state index < -0.39 is 0 Å². The van der Waals surface area contributed by atoms with Crippen LogP contribution in [-0.2, 0) is 15.7 Å². The van der Waals surface area contributed by atoms with Gasteiger partial charge < -0.3 is 4.90 Å². The molecule has 0 N–H and O–H groups in total. The van der Waals surface area contributed by atoms with Crippen LogP contribution in [0.25, 0.3) is 0 Å². The molecule has 0 spiro atoms. The number of hydrogen-bond acceptors (Lipinski definition) is 6. The number of carbonyl (C=O) groups is 1. The minimum absolute atomic E-state index is 0.0613. The van der Waals surface area contributed by atoms with E-state index in [0.29, 0.717) is 5.16 Å². The maximum absolute atomic E-state index is 13.0. The fraction of sp³-hybridized carbons (Fsp3) is 0.500. The third-order valence-corrected chi connectivity index (χ3v) is 6.03. The highest BCUT2D eigenvalue weighted by Gasteiger charge is 2.39. The van der Waals surface area contributed by atoms with Crippen molar-refractivity contribution in [3.63, 3.8) is 0 Å². The van der Waals surface area contributed by atoms with Crippen molar-refractivity contribution in [2.24, 2.45) is 0 Å². The molecule has 0 saturated carbocycles. The first-order chi connectivity index (χ1) is 12.5. The van der Waals surface area contributed by atoms with Gasteiger partial charge in [0.15, 0.2) is 5.78 Å². The molecule has 2 heterocycles. The largest absolute Gasteiger partial charge is 0.347 e. The second kappa shape index (κ2) is 6.78. The molecule has 6 nitrogen and oxygen atoms in total. The van der Waals surface area contributed by atoms with Gasteiger partial charge in [0.1, 0.15) is 0 Å². The predicted molar refractivity (Wildman–Crippen MR) is 109 cm³/mol. The highest BCUT2D eigenvalue weighted by molar-refractivity contribution is 8.00. The van der Waals surface area contributed by atoms with Crippen molar-refractivity contribution >= 4 is 23.2 Å². The highest BCUT2D eigenvalue weighted by Crippen LogP contribution is 2.46. The van der Waals surface area contributed by atoms with Crippen LogP contribution in [0.1, 0.15) is 47.1 Å². The van der Waals surface area contributed by atoms with E-state index in [-0.39, 0.29) is 22.0 Å². The molecule has 1 atom stereocenters. The van der Waals surface area contributed by atoms with Crippen LogP contribution in [-0.4, -0.2) is 38.3 Å². The van der Waals surface area contributed by atoms with Gasteiger partial charge in [-0.25, -0.2) is 4.68 Å². The van der Waals surface area contributed by atoms with E-state index in [0.717, 1.165) is 11.4 Å². The summed E-state index contributed by atoms with van der Waals surface area (Å²) in [6.07, 6.45) is 1.78. The smallest absolute Gasteiger partial charge is 0.210 e. The molecule has 144 valence electrons.